The van der Waals surface area contributed by atoms with E-state index in [-0.39, 0.29) is 26.4 Å². The topological polar surface area (TPSA) is 141 Å². The number of phosphoric ester groups is 2. The zero-order valence-electron chi connectivity index (χ0n) is 15.2. The molecule has 26 heavy (non-hydrogen) atoms. The number of aliphatic hydroxyl groups is 1. The fourth-order valence-electron chi connectivity index (χ4n) is 2.32. The number of unbranched alkanes of at least 4 members (excludes halogenated alkanes) is 3. The highest BCUT2D eigenvalue weighted by molar-refractivity contribution is 7.47. The predicted molar refractivity (Wildman–Crippen MR) is 92.6 cm³/mol. The molecule has 3 N–H and O–H groups in total. The standard InChI is InChI=1S/C14H30O10P2/c1-12(2)23-26(18,19)22-11-14-13(7-10-20-14)24-25(16,17)21-9-6-4-3-5-8-15/h12-15H,3-11H2,1-2H3,(H,16,17)(H,18,19)/t13-,14+/m0/s1. The van der Waals surface area contributed by atoms with Crippen molar-refractivity contribution < 1.29 is 46.9 Å². The van der Waals surface area contributed by atoms with Gasteiger partial charge in [0.05, 0.1) is 19.3 Å². The minimum Gasteiger partial charge on any atom is -0.396 e. The first-order valence-corrected chi connectivity index (χ1v) is 11.7. The maximum atomic E-state index is 12.0. The molecule has 0 bridgehead atoms. The van der Waals surface area contributed by atoms with Crippen LogP contribution in [0, 0.1) is 0 Å². The van der Waals surface area contributed by atoms with Crippen LogP contribution in [0.3, 0.4) is 0 Å². The van der Waals surface area contributed by atoms with Gasteiger partial charge in [-0.3, -0.25) is 18.1 Å². The van der Waals surface area contributed by atoms with Crippen LogP contribution in [0.5, 0.6) is 0 Å². The maximum Gasteiger partial charge on any atom is 0.472 e. The molecule has 1 fully saturated rings. The maximum absolute atomic E-state index is 12.0. The molecule has 1 saturated heterocycles. The number of hydrogen-bond donors (Lipinski definition) is 3. The summed E-state index contributed by atoms with van der Waals surface area (Å²) >= 11 is 0. The number of hydrogen-bond acceptors (Lipinski definition) is 8. The predicted octanol–water partition coefficient (Wildman–Crippen LogP) is 2.37. The van der Waals surface area contributed by atoms with Gasteiger partial charge in [-0.15, -0.1) is 0 Å². The lowest BCUT2D eigenvalue weighted by molar-refractivity contribution is -0.00521. The van der Waals surface area contributed by atoms with Gasteiger partial charge in [0.2, 0.25) is 0 Å². The normalized spacial score (nSPS) is 25.3. The van der Waals surface area contributed by atoms with Crippen LogP contribution in [0.15, 0.2) is 0 Å². The van der Waals surface area contributed by atoms with Crippen molar-refractivity contribution in [2.45, 2.75) is 64.3 Å². The second-order valence-electron chi connectivity index (χ2n) is 6.20. The van der Waals surface area contributed by atoms with Gasteiger partial charge in [0.25, 0.3) is 0 Å². The summed E-state index contributed by atoms with van der Waals surface area (Å²) in [6.07, 6.45) is 1.10. The summed E-state index contributed by atoms with van der Waals surface area (Å²) in [5, 5.41) is 8.67. The third-order valence-electron chi connectivity index (χ3n) is 3.47. The van der Waals surface area contributed by atoms with E-state index in [0.717, 1.165) is 12.8 Å². The SMILES string of the molecule is CC(C)OP(=O)(O)OC[C@H]1OCC[C@@H]1OP(=O)(O)OCCCCCCO. The third kappa shape index (κ3) is 10.5. The van der Waals surface area contributed by atoms with Crippen LogP contribution < -0.4 is 0 Å². The zero-order chi connectivity index (χ0) is 19.6. The molecule has 1 heterocycles. The fraction of sp³-hybridized carbons (Fsp3) is 1.00. The first-order valence-electron chi connectivity index (χ1n) is 8.69. The lowest BCUT2D eigenvalue weighted by Crippen LogP contribution is -2.28. The van der Waals surface area contributed by atoms with E-state index in [1.54, 1.807) is 13.8 Å². The van der Waals surface area contributed by atoms with Gasteiger partial charge in [-0.05, 0) is 26.7 Å². The Kier molecular flexibility index (Phi) is 11.0. The van der Waals surface area contributed by atoms with E-state index in [2.05, 4.69) is 0 Å². The van der Waals surface area contributed by atoms with E-state index in [9.17, 15) is 18.9 Å². The number of ether oxygens (including phenoxy) is 1. The van der Waals surface area contributed by atoms with Gasteiger partial charge in [-0.1, -0.05) is 12.8 Å². The molecule has 156 valence electrons. The fourth-order valence-corrected chi connectivity index (χ4v) is 4.25. The van der Waals surface area contributed by atoms with Crippen molar-refractivity contribution in [2.75, 3.05) is 26.4 Å². The molecule has 0 amide bonds. The minimum atomic E-state index is -4.27. The Labute approximate surface area is 154 Å². The first-order chi connectivity index (χ1) is 12.2. The van der Waals surface area contributed by atoms with Gasteiger partial charge in [0.15, 0.2) is 0 Å². The van der Waals surface area contributed by atoms with Crippen molar-refractivity contribution in [3.8, 4) is 0 Å². The zero-order valence-corrected chi connectivity index (χ0v) is 17.0. The van der Waals surface area contributed by atoms with E-state index in [4.69, 9.17) is 27.9 Å². The van der Waals surface area contributed by atoms with Gasteiger partial charge >= 0.3 is 15.6 Å². The summed E-state index contributed by atoms with van der Waals surface area (Å²) in [6, 6.07) is 0. The Bertz CT molecular complexity index is 486. The van der Waals surface area contributed by atoms with Crippen LogP contribution in [-0.2, 0) is 32.0 Å². The number of aliphatic hydroxyl groups excluding tert-OH is 1. The van der Waals surface area contributed by atoms with Crippen molar-refractivity contribution in [3.05, 3.63) is 0 Å². The molecular weight excluding hydrogens is 390 g/mol. The van der Waals surface area contributed by atoms with Crippen molar-refractivity contribution in [3.63, 3.8) is 0 Å². The molecule has 0 aliphatic carbocycles. The van der Waals surface area contributed by atoms with Crippen molar-refractivity contribution >= 4 is 15.6 Å². The van der Waals surface area contributed by atoms with Crippen LogP contribution in [0.25, 0.3) is 0 Å². The number of phosphoric acid groups is 2. The molecule has 1 aliphatic rings. The van der Waals surface area contributed by atoms with Crippen molar-refractivity contribution in [1.29, 1.82) is 0 Å². The Morgan fingerprint density at radius 1 is 1.08 bits per heavy atom. The van der Waals surface area contributed by atoms with Gasteiger partial charge in [0, 0.05) is 19.6 Å². The quantitative estimate of drug-likeness (QED) is 0.283. The lowest BCUT2D eigenvalue weighted by Gasteiger charge is -2.22. The molecule has 0 aromatic carbocycles. The average Bonchev–Trinajstić information content (AvgIpc) is 2.94. The van der Waals surface area contributed by atoms with Gasteiger partial charge in [-0.25, -0.2) is 9.13 Å². The molecule has 0 saturated carbocycles. The Balaban J connectivity index is 2.37. The highest BCUT2D eigenvalue weighted by Crippen LogP contribution is 2.48. The van der Waals surface area contributed by atoms with Crippen LogP contribution in [-0.4, -0.2) is 59.6 Å². The summed E-state index contributed by atoms with van der Waals surface area (Å²) in [5.74, 6) is 0. The van der Waals surface area contributed by atoms with Gasteiger partial charge < -0.3 is 19.6 Å². The Morgan fingerprint density at radius 2 is 1.77 bits per heavy atom. The van der Waals surface area contributed by atoms with E-state index in [0.29, 0.717) is 19.3 Å². The minimum absolute atomic E-state index is 0.0576. The second-order valence-corrected chi connectivity index (χ2v) is 9.01. The molecule has 0 radical (unpaired) electrons. The summed E-state index contributed by atoms with van der Waals surface area (Å²) in [7, 11) is -8.50. The molecular formula is C14H30O10P2. The van der Waals surface area contributed by atoms with E-state index in [1.807, 2.05) is 0 Å². The summed E-state index contributed by atoms with van der Waals surface area (Å²) in [6.45, 7) is 3.31. The molecule has 12 heteroatoms. The van der Waals surface area contributed by atoms with E-state index in [1.165, 1.54) is 0 Å². The smallest absolute Gasteiger partial charge is 0.396 e. The Morgan fingerprint density at radius 3 is 2.42 bits per heavy atom. The summed E-state index contributed by atoms with van der Waals surface area (Å²) in [4.78, 5) is 19.3. The summed E-state index contributed by atoms with van der Waals surface area (Å²) < 4.78 is 48.7. The summed E-state index contributed by atoms with van der Waals surface area (Å²) in [5.41, 5.74) is 0. The molecule has 10 nitrogen and oxygen atoms in total. The molecule has 2 unspecified atom stereocenters. The van der Waals surface area contributed by atoms with Crippen LogP contribution in [0.4, 0.5) is 0 Å². The van der Waals surface area contributed by atoms with E-state index < -0.39 is 34.0 Å². The molecule has 0 aromatic heterocycles. The molecule has 1 rings (SSSR count). The van der Waals surface area contributed by atoms with Gasteiger partial charge in [0.1, 0.15) is 12.2 Å². The lowest BCUT2D eigenvalue weighted by atomic mass is 10.2. The van der Waals surface area contributed by atoms with Crippen molar-refractivity contribution in [2.24, 2.45) is 0 Å². The first kappa shape index (κ1) is 24.2. The van der Waals surface area contributed by atoms with Crippen LogP contribution in [0.1, 0.15) is 46.0 Å². The Hall–Kier alpha value is 0.140. The highest BCUT2D eigenvalue weighted by atomic mass is 31.2. The second kappa shape index (κ2) is 11.9. The third-order valence-corrected chi connectivity index (χ3v) is 5.68. The largest absolute Gasteiger partial charge is 0.472 e. The molecule has 0 spiro atoms. The van der Waals surface area contributed by atoms with Gasteiger partial charge in [-0.2, -0.15) is 0 Å². The monoisotopic (exact) mass is 420 g/mol. The highest BCUT2D eigenvalue weighted by Gasteiger charge is 2.38. The molecule has 1 aliphatic heterocycles. The molecule has 0 aromatic rings. The van der Waals surface area contributed by atoms with Crippen LogP contribution >= 0.6 is 15.6 Å². The van der Waals surface area contributed by atoms with Crippen LogP contribution in [0.2, 0.25) is 0 Å². The average molecular weight is 420 g/mol. The van der Waals surface area contributed by atoms with E-state index >= 15 is 0 Å². The van der Waals surface area contributed by atoms with Crippen molar-refractivity contribution in [1.82, 2.24) is 0 Å². The number of rotatable bonds is 14. The molecule has 4 atom stereocenters.